The average Bonchev–Trinajstić information content (AvgIpc) is 2.41. The second-order valence-corrected chi connectivity index (χ2v) is 7.10. The van der Waals surface area contributed by atoms with Gasteiger partial charge in [-0.2, -0.15) is 0 Å². The fourth-order valence-electron chi connectivity index (χ4n) is 2.40. The summed E-state index contributed by atoms with van der Waals surface area (Å²) in [5.74, 6) is 1.42. The minimum Gasteiger partial charge on any atom is -0.387 e. The molecule has 120 valence electrons. The van der Waals surface area contributed by atoms with Gasteiger partial charge < -0.3 is 10.0 Å². The van der Waals surface area contributed by atoms with Gasteiger partial charge >= 0.3 is 0 Å². The Bertz CT molecular complexity index is 388. The quantitative estimate of drug-likeness (QED) is 0.728. The Balaban J connectivity index is 2.60. The van der Waals surface area contributed by atoms with Crippen LogP contribution in [0, 0.1) is 18.8 Å². The van der Waals surface area contributed by atoms with E-state index in [2.05, 4.69) is 51.7 Å². The summed E-state index contributed by atoms with van der Waals surface area (Å²) < 4.78 is 0. The first-order chi connectivity index (χ1) is 9.88. The molecule has 1 aromatic carbocycles. The lowest BCUT2D eigenvalue weighted by Gasteiger charge is -2.27. The Hall–Kier alpha value is -0.860. The number of aryl methyl sites for hydroxylation is 1. The van der Waals surface area contributed by atoms with E-state index in [0.29, 0.717) is 11.8 Å². The molecule has 21 heavy (non-hydrogen) atoms. The molecule has 0 fully saturated rings. The summed E-state index contributed by atoms with van der Waals surface area (Å²) in [4.78, 5) is 2.42. The Morgan fingerprint density at radius 2 is 1.57 bits per heavy atom. The van der Waals surface area contributed by atoms with Crippen LogP contribution < -0.4 is 0 Å². The highest BCUT2D eigenvalue weighted by molar-refractivity contribution is 5.24. The molecule has 2 heteroatoms. The average molecular weight is 291 g/mol. The molecule has 0 heterocycles. The van der Waals surface area contributed by atoms with E-state index >= 15 is 0 Å². The lowest BCUT2D eigenvalue weighted by atomic mass is 10.0. The van der Waals surface area contributed by atoms with E-state index in [0.717, 1.165) is 25.2 Å². The molecular weight excluding hydrogens is 258 g/mol. The number of rotatable bonds is 9. The lowest BCUT2D eigenvalue weighted by Crippen LogP contribution is -2.32. The highest BCUT2D eigenvalue weighted by Gasteiger charge is 2.14. The summed E-state index contributed by atoms with van der Waals surface area (Å²) in [6.07, 6.45) is 2.00. The fraction of sp³-hybridized carbons (Fsp3) is 0.684. The van der Waals surface area contributed by atoms with Crippen molar-refractivity contribution in [3.63, 3.8) is 0 Å². The largest absolute Gasteiger partial charge is 0.387 e. The molecule has 1 rings (SSSR count). The van der Waals surface area contributed by atoms with Crippen molar-refractivity contribution in [2.75, 3.05) is 19.6 Å². The van der Waals surface area contributed by atoms with Crippen LogP contribution in [0.15, 0.2) is 24.3 Å². The van der Waals surface area contributed by atoms with E-state index in [9.17, 15) is 5.11 Å². The van der Waals surface area contributed by atoms with Gasteiger partial charge in [0.2, 0.25) is 0 Å². The van der Waals surface area contributed by atoms with Crippen LogP contribution in [0.3, 0.4) is 0 Å². The van der Waals surface area contributed by atoms with Crippen molar-refractivity contribution in [2.45, 2.75) is 53.6 Å². The van der Waals surface area contributed by atoms with Crippen LogP contribution >= 0.6 is 0 Å². The van der Waals surface area contributed by atoms with Crippen LogP contribution in [0.4, 0.5) is 0 Å². The molecule has 0 aliphatic heterocycles. The zero-order chi connectivity index (χ0) is 15.8. The minimum absolute atomic E-state index is 0.385. The van der Waals surface area contributed by atoms with E-state index in [1.807, 2.05) is 12.1 Å². The van der Waals surface area contributed by atoms with Crippen molar-refractivity contribution < 1.29 is 5.11 Å². The van der Waals surface area contributed by atoms with Crippen molar-refractivity contribution >= 4 is 0 Å². The normalized spacial score (nSPS) is 13.4. The van der Waals surface area contributed by atoms with Crippen molar-refractivity contribution in [3.05, 3.63) is 35.4 Å². The summed E-state index contributed by atoms with van der Waals surface area (Å²) >= 11 is 0. The van der Waals surface area contributed by atoms with Gasteiger partial charge in [-0.15, -0.1) is 0 Å². The van der Waals surface area contributed by atoms with Gasteiger partial charge in [-0.25, -0.2) is 0 Å². The zero-order valence-corrected chi connectivity index (χ0v) is 14.5. The van der Waals surface area contributed by atoms with Gasteiger partial charge in [0.15, 0.2) is 0 Å². The Morgan fingerprint density at radius 1 is 1.00 bits per heavy atom. The molecule has 0 saturated carbocycles. The predicted octanol–water partition coefficient (Wildman–Crippen LogP) is 4.42. The van der Waals surface area contributed by atoms with Gasteiger partial charge in [-0.3, -0.25) is 0 Å². The number of hydrogen-bond acceptors (Lipinski definition) is 2. The molecular formula is C19H33NO. The SMILES string of the molecule is Cc1cccc(C(O)CN(CCC(C)C)CCC(C)C)c1. The Kier molecular flexibility index (Phi) is 7.98. The third-order valence-corrected chi connectivity index (χ3v) is 3.90. The summed E-state index contributed by atoms with van der Waals surface area (Å²) in [5, 5.41) is 10.5. The first-order valence-corrected chi connectivity index (χ1v) is 8.35. The lowest BCUT2D eigenvalue weighted by molar-refractivity contribution is 0.107. The highest BCUT2D eigenvalue weighted by atomic mass is 16.3. The molecule has 2 nitrogen and oxygen atoms in total. The number of aliphatic hydroxyl groups is 1. The van der Waals surface area contributed by atoms with Crippen LogP contribution in [-0.4, -0.2) is 29.6 Å². The number of nitrogens with zero attached hydrogens (tertiary/aromatic N) is 1. The molecule has 1 N–H and O–H groups in total. The van der Waals surface area contributed by atoms with Crippen molar-refractivity contribution in [3.8, 4) is 0 Å². The molecule has 0 aliphatic rings. The maximum absolute atomic E-state index is 10.5. The summed E-state index contributed by atoms with van der Waals surface area (Å²) in [5.41, 5.74) is 2.25. The molecule has 0 spiro atoms. The summed E-state index contributed by atoms with van der Waals surface area (Å²) in [7, 11) is 0. The smallest absolute Gasteiger partial charge is 0.0917 e. The third kappa shape index (κ3) is 7.63. The molecule has 1 unspecified atom stereocenters. The van der Waals surface area contributed by atoms with E-state index in [1.165, 1.54) is 18.4 Å². The van der Waals surface area contributed by atoms with Gasteiger partial charge in [0, 0.05) is 6.54 Å². The zero-order valence-electron chi connectivity index (χ0n) is 14.5. The van der Waals surface area contributed by atoms with Crippen LogP contribution in [0.2, 0.25) is 0 Å². The van der Waals surface area contributed by atoms with Crippen molar-refractivity contribution in [1.82, 2.24) is 4.90 Å². The summed E-state index contributed by atoms with van der Waals surface area (Å²) in [6, 6.07) is 8.22. The van der Waals surface area contributed by atoms with Gasteiger partial charge in [0.25, 0.3) is 0 Å². The number of aliphatic hydroxyl groups excluding tert-OH is 1. The van der Waals surface area contributed by atoms with E-state index in [4.69, 9.17) is 0 Å². The number of hydrogen-bond donors (Lipinski definition) is 1. The topological polar surface area (TPSA) is 23.5 Å². The number of benzene rings is 1. The van der Waals surface area contributed by atoms with Gasteiger partial charge in [-0.05, 0) is 50.3 Å². The Morgan fingerprint density at radius 3 is 2.05 bits per heavy atom. The second-order valence-electron chi connectivity index (χ2n) is 7.10. The molecule has 0 aromatic heterocycles. The van der Waals surface area contributed by atoms with Crippen LogP contribution in [-0.2, 0) is 0 Å². The maximum Gasteiger partial charge on any atom is 0.0917 e. The molecule has 0 saturated heterocycles. The van der Waals surface area contributed by atoms with E-state index < -0.39 is 0 Å². The Labute approximate surface area is 131 Å². The van der Waals surface area contributed by atoms with Gasteiger partial charge in [0.1, 0.15) is 0 Å². The molecule has 0 bridgehead atoms. The minimum atomic E-state index is -0.385. The van der Waals surface area contributed by atoms with Crippen LogP contribution in [0.25, 0.3) is 0 Å². The standard InChI is InChI=1S/C19H33NO/c1-15(2)9-11-20(12-10-16(3)4)14-19(21)18-8-6-7-17(5)13-18/h6-8,13,15-16,19,21H,9-12,14H2,1-5H3. The van der Waals surface area contributed by atoms with E-state index in [-0.39, 0.29) is 6.10 Å². The molecule has 1 aromatic rings. The van der Waals surface area contributed by atoms with E-state index in [1.54, 1.807) is 0 Å². The molecule has 0 amide bonds. The summed E-state index contributed by atoms with van der Waals surface area (Å²) in [6.45, 7) is 14.0. The van der Waals surface area contributed by atoms with Crippen molar-refractivity contribution in [2.24, 2.45) is 11.8 Å². The third-order valence-electron chi connectivity index (χ3n) is 3.90. The maximum atomic E-state index is 10.5. The second kappa shape index (κ2) is 9.22. The molecule has 0 radical (unpaired) electrons. The van der Waals surface area contributed by atoms with Gasteiger partial charge in [-0.1, -0.05) is 57.5 Å². The molecule has 0 aliphatic carbocycles. The van der Waals surface area contributed by atoms with Gasteiger partial charge in [0.05, 0.1) is 6.10 Å². The van der Waals surface area contributed by atoms with Crippen molar-refractivity contribution in [1.29, 1.82) is 0 Å². The fourth-order valence-corrected chi connectivity index (χ4v) is 2.40. The monoisotopic (exact) mass is 291 g/mol. The first kappa shape index (κ1) is 18.2. The predicted molar refractivity (Wildman–Crippen MR) is 91.5 cm³/mol. The van der Waals surface area contributed by atoms with Crippen LogP contribution in [0.5, 0.6) is 0 Å². The van der Waals surface area contributed by atoms with Crippen LogP contribution in [0.1, 0.15) is 57.8 Å². The first-order valence-electron chi connectivity index (χ1n) is 8.35. The highest BCUT2D eigenvalue weighted by Crippen LogP contribution is 2.17. The molecule has 1 atom stereocenters.